The first-order chi connectivity index (χ1) is 13.3. The summed E-state index contributed by atoms with van der Waals surface area (Å²) in [5.41, 5.74) is 9.17. The van der Waals surface area contributed by atoms with Gasteiger partial charge in [-0.15, -0.1) is 0 Å². The molecule has 5 heteroatoms. The molecule has 0 unspecified atom stereocenters. The molecule has 28 heavy (non-hydrogen) atoms. The van der Waals surface area contributed by atoms with Crippen molar-refractivity contribution in [2.75, 3.05) is 0 Å². The highest BCUT2D eigenvalue weighted by molar-refractivity contribution is 6.00. The predicted molar refractivity (Wildman–Crippen MR) is 110 cm³/mol. The molecule has 2 heterocycles. The number of aliphatic carboxylic acids is 1. The van der Waals surface area contributed by atoms with Gasteiger partial charge in [0, 0.05) is 35.5 Å². The van der Waals surface area contributed by atoms with E-state index in [0.29, 0.717) is 12.8 Å². The van der Waals surface area contributed by atoms with Gasteiger partial charge in [0.15, 0.2) is 0 Å². The lowest BCUT2D eigenvalue weighted by atomic mass is 9.97. The first kappa shape index (κ1) is 19.7. The van der Waals surface area contributed by atoms with E-state index in [9.17, 15) is 9.59 Å². The van der Waals surface area contributed by atoms with Crippen LogP contribution in [0.5, 0.6) is 0 Å². The first-order valence-corrected chi connectivity index (χ1v) is 9.45. The lowest BCUT2D eigenvalue weighted by molar-refractivity contribution is -0.137. The highest BCUT2D eigenvalue weighted by atomic mass is 16.4. The number of H-pyrrole nitrogens is 1. The molecule has 1 aromatic heterocycles. The Morgan fingerprint density at radius 1 is 1.04 bits per heavy atom. The maximum Gasteiger partial charge on any atom is 0.303 e. The van der Waals surface area contributed by atoms with Crippen LogP contribution in [0, 0.1) is 13.8 Å². The quantitative estimate of drug-likeness (QED) is 0.709. The smallest absolute Gasteiger partial charge is 0.303 e. The zero-order valence-corrected chi connectivity index (χ0v) is 16.8. The van der Waals surface area contributed by atoms with Crippen molar-refractivity contribution >= 4 is 18.0 Å². The number of allylic oxidation sites excluding steroid dienone is 1. The molecule has 1 aliphatic rings. The Morgan fingerprint density at radius 2 is 1.71 bits per heavy atom. The fraction of sp³-hybridized carbons (Fsp3) is 0.304. The van der Waals surface area contributed by atoms with E-state index < -0.39 is 5.97 Å². The molecule has 1 amide bonds. The molecule has 1 aromatic carbocycles. The SMILES string of the molecule is CC1=C(C)/C(=C/c2[nH]c(Cc3ccccc3CCC(=O)O)c(C)c2C)NC1=O. The van der Waals surface area contributed by atoms with Gasteiger partial charge in [-0.1, -0.05) is 24.3 Å². The number of hydrogen-bond donors (Lipinski definition) is 3. The predicted octanol–water partition coefficient (Wildman–Crippen LogP) is 4.05. The Labute approximate surface area is 165 Å². The first-order valence-electron chi connectivity index (χ1n) is 9.45. The molecule has 0 radical (unpaired) electrons. The van der Waals surface area contributed by atoms with Gasteiger partial charge >= 0.3 is 5.97 Å². The largest absolute Gasteiger partial charge is 0.481 e. The molecule has 3 rings (SSSR count). The van der Waals surface area contributed by atoms with Crippen LogP contribution in [0.15, 0.2) is 41.1 Å². The Morgan fingerprint density at radius 3 is 2.32 bits per heavy atom. The summed E-state index contributed by atoms with van der Waals surface area (Å²) in [6.45, 7) is 7.94. The van der Waals surface area contributed by atoms with Crippen LogP contribution in [-0.2, 0) is 22.4 Å². The normalized spacial score (nSPS) is 15.4. The number of benzene rings is 1. The van der Waals surface area contributed by atoms with E-state index in [1.54, 1.807) is 0 Å². The second-order valence-corrected chi connectivity index (χ2v) is 7.37. The van der Waals surface area contributed by atoms with Gasteiger partial charge in [-0.05, 0) is 68.0 Å². The monoisotopic (exact) mass is 378 g/mol. The van der Waals surface area contributed by atoms with E-state index in [1.165, 1.54) is 5.56 Å². The molecule has 0 atom stereocenters. The van der Waals surface area contributed by atoms with Crippen LogP contribution in [0.4, 0.5) is 0 Å². The Hall–Kier alpha value is -3.08. The minimum absolute atomic E-state index is 0.0442. The van der Waals surface area contributed by atoms with Gasteiger partial charge in [0.1, 0.15) is 0 Å². The molecule has 5 nitrogen and oxygen atoms in total. The number of hydrogen-bond acceptors (Lipinski definition) is 2. The maximum atomic E-state index is 11.9. The maximum absolute atomic E-state index is 11.9. The lowest BCUT2D eigenvalue weighted by Crippen LogP contribution is -2.15. The number of amides is 1. The van der Waals surface area contributed by atoms with Gasteiger partial charge in [0.05, 0.1) is 0 Å². The number of carbonyl (C=O) groups excluding carboxylic acids is 1. The van der Waals surface area contributed by atoms with Crippen molar-refractivity contribution in [2.45, 2.75) is 47.0 Å². The molecular formula is C23H26N2O3. The van der Waals surface area contributed by atoms with Crippen LogP contribution in [0.2, 0.25) is 0 Å². The van der Waals surface area contributed by atoms with E-state index >= 15 is 0 Å². The van der Waals surface area contributed by atoms with Crippen molar-refractivity contribution in [3.8, 4) is 0 Å². The summed E-state index contributed by atoms with van der Waals surface area (Å²) in [6.07, 6.45) is 3.36. The minimum Gasteiger partial charge on any atom is -0.481 e. The highest BCUT2D eigenvalue weighted by Gasteiger charge is 2.21. The number of carbonyl (C=O) groups is 2. The molecule has 0 saturated carbocycles. The van der Waals surface area contributed by atoms with Crippen molar-refractivity contribution < 1.29 is 14.7 Å². The Balaban J connectivity index is 1.89. The number of aryl methyl sites for hydroxylation is 1. The number of carboxylic acid groups (broad SMARTS) is 1. The van der Waals surface area contributed by atoms with E-state index in [-0.39, 0.29) is 12.3 Å². The fourth-order valence-corrected chi connectivity index (χ4v) is 3.48. The Kier molecular flexibility index (Phi) is 5.54. The lowest BCUT2D eigenvalue weighted by Gasteiger charge is -2.08. The second kappa shape index (κ2) is 7.89. The molecule has 0 saturated heterocycles. The van der Waals surface area contributed by atoms with Crippen LogP contribution in [0.25, 0.3) is 6.08 Å². The van der Waals surface area contributed by atoms with Crippen molar-refractivity contribution in [3.63, 3.8) is 0 Å². The summed E-state index contributed by atoms with van der Waals surface area (Å²) in [5.74, 6) is -0.829. The van der Waals surface area contributed by atoms with E-state index in [4.69, 9.17) is 5.11 Å². The molecular weight excluding hydrogens is 352 g/mol. The van der Waals surface area contributed by atoms with E-state index in [0.717, 1.165) is 44.9 Å². The molecule has 3 N–H and O–H groups in total. The molecule has 1 aliphatic heterocycles. The third kappa shape index (κ3) is 3.93. The van der Waals surface area contributed by atoms with Gasteiger partial charge < -0.3 is 15.4 Å². The van der Waals surface area contributed by atoms with Gasteiger partial charge in [-0.3, -0.25) is 9.59 Å². The summed E-state index contributed by atoms with van der Waals surface area (Å²) in [4.78, 5) is 26.3. The molecule has 0 spiro atoms. The Bertz CT molecular complexity index is 1010. The molecule has 0 bridgehead atoms. The number of aromatic amines is 1. The summed E-state index contributed by atoms with van der Waals surface area (Å²) in [5, 5.41) is 11.9. The van der Waals surface area contributed by atoms with Gasteiger partial charge in [0.25, 0.3) is 5.91 Å². The highest BCUT2D eigenvalue weighted by Crippen LogP contribution is 2.27. The number of carboxylic acids is 1. The third-order valence-electron chi connectivity index (χ3n) is 5.64. The number of nitrogens with one attached hydrogen (secondary N) is 2. The van der Waals surface area contributed by atoms with Gasteiger partial charge in [-0.2, -0.15) is 0 Å². The topological polar surface area (TPSA) is 82.2 Å². The summed E-state index contributed by atoms with van der Waals surface area (Å²) >= 11 is 0. The van der Waals surface area contributed by atoms with Crippen LogP contribution in [0.1, 0.15) is 53.9 Å². The molecule has 0 aliphatic carbocycles. The average molecular weight is 378 g/mol. The van der Waals surface area contributed by atoms with Crippen molar-refractivity contribution in [2.24, 2.45) is 0 Å². The van der Waals surface area contributed by atoms with Crippen LogP contribution >= 0.6 is 0 Å². The zero-order valence-electron chi connectivity index (χ0n) is 16.8. The van der Waals surface area contributed by atoms with Gasteiger partial charge in [0.2, 0.25) is 0 Å². The third-order valence-corrected chi connectivity index (χ3v) is 5.64. The number of rotatable bonds is 6. The molecule has 146 valence electrons. The van der Waals surface area contributed by atoms with Crippen molar-refractivity contribution in [1.29, 1.82) is 0 Å². The van der Waals surface area contributed by atoms with Crippen LogP contribution in [-0.4, -0.2) is 22.0 Å². The van der Waals surface area contributed by atoms with Crippen LogP contribution < -0.4 is 5.32 Å². The van der Waals surface area contributed by atoms with E-state index in [2.05, 4.69) is 30.2 Å². The van der Waals surface area contributed by atoms with Gasteiger partial charge in [-0.25, -0.2) is 0 Å². The minimum atomic E-state index is -0.784. The van der Waals surface area contributed by atoms with Crippen LogP contribution in [0.3, 0.4) is 0 Å². The fourth-order valence-electron chi connectivity index (χ4n) is 3.48. The number of aromatic nitrogens is 1. The summed E-state index contributed by atoms with van der Waals surface area (Å²) < 4.78 is 0. The molecule has 2 aromatic rings. The second-order valence-electron chi connectivity index (χ2n) is 7.37. The van der Waals surface area contributed by atoms with E-state index in [1.807, 2.05) is 38.1 Å². The molecule has 0 fully saturated rings. The van der Waals surface area contributed by atoms with Crippen molar-refractivity contribution in [3.05, 3.63) is 74.8 Å². The zero-order chi connectivity index (χ0) is 20.4. The standard InChI is InChI=1S/C23H26N2O3/c1-13-14(2)20(12-21-15(3)16(4)23(28)25-21)24-19(13)11-18-8-6-5-7-17(18)9-10-22(26)27/h5-8,12,24H,9-11H2,1-4H3,(H,25,28)(H,26,27)/b21-12-. The summed E-state index contributed by atoms with van der Waals surface area (Å²) in [6, 6.07) is 7.98. The van der Waals surface area contributed by atoms with Crippen molar-refractivity contribution in [1.82, 2.24) is 10.3 Å². The average Bonchev–Trinajstić information content (AvgIpc) is 3.06. The summed E-state index contributed by atoms with van der Waals surface area (Å²) in [7, 11) is 0.